The molecule has 1 unspecified atom stereocenters. The van der Waals surface area contributed by atoms with Crippen molar-refractivity contribution in [2.45, 2.75) is 25.4 Å². The Morgan fingerprint density at radius 2 is 2.24 bits per heavy atom. The first-order valence-electron chi connectivity index (χ1n) is 7.55. The van der Waals surface area contributed by atoms with Crippen molar-refractivity contribution in [1.82, 2.24) is 14.8 Å². The van der Waals surface area contributed by atoms with E-state index in [1.807, 2.05) is 18.3 Å². The predicted octanol–water partition coefficient (Wildman–Crippen LogP) is 3.41. The van der Waals surface area contributed by atoms with Gasteiger partial charge in [0.25, 0.3) is 0 Å². The number of halogens is 1. The number of likely N-dealkylation sites (tertiary alicyclic amines) is 1. The maximum Gasteiger partial charge on any atom is 0.0747 e. The monoisotopic (exact) mass is 303 g/mol. The summed E-state index contributed by atoms with van der Waals surface area (Å²) in [6, 6.07) is 8.75. The molecule has 0 amide bonds. The highest BCUT2D eigenvalue weighted by Gasteiger charge is 2.22. The second kappa shape index (κ2) is 6.30. The highest BCUT2D eigenvalue weighted by atomic mass is 35.5. The third-order valence-electron chi connectivity index (χ3n) is 4.35. The number of aromatic nitrogens is 1. The lowest BCUT2D eigenvalue weighted by molar-refractivity contribution is 0.128. The van der Waals surface area contributed by atoms with E-state index < -0.39 is 0 Å². The molecule has 1 aliphatic heterocycles. The maximum absolute atomic E-state index is 6.27. The van der Waals surface area contributed by atoms with E-state index in [-0.39, 0.29) is 0 Å². The smallest absolute Gasteiger partial charge is 0.0747 e. The van der Waals surface area contributed by atoms with E-state index in [0.29, 0.717) is 6.04 Å². The van der Waals surface area contributed by atoms with Crippen LogP contribution in [-0.4, -0.2) is 48.0 Å². The zero-order valence-corrected chi connectivity index (χ0v) is 13.5. The van der Waals surface area contributed by atoms with Gasteiger partial charge in [-0.2, -0.15) is 0 Å². The van der Waals surface area contributed by atoms with E-state index in [0.717, 1.165) is 35.6 Å². The third-order valence-corrected chi connectivity index (χ3v) is 4.57. The van der Waals surface area contributed by atoms with Crippen LogP contribution in [0, 0.1) is 0 Å². The molecule has 2 aromatic rings. The van der Waals surface area contributed by atoms with Crippen molar-refractivity contribution < 1.29 is 0 Å². The summed E-state index contributed by atoms with van der Waals surface area (Å²) in [5.74, 6) is 0. The second-order valence-electron chi connectivity index (χ2n) is 6.13. The molecule has 0 saturated carbocycles. The zero-order chi connectivity index (χ0) is 14.8. The van der Waals surface area contributed by atoms with Gasteiger partial charge in [-0.25, -0.2) is 0 Å². The van der Waals surface area contributed by atoms with E-state index >= 15 is 0 Å². The first kappa shape index (κ1) is 14.8. The first-order valence-corrected chi connectivity index (χ1v) is 7.93. The molecule has 1 fully saturated rings. The molecule has 0 N–H and O–H groups in total. The minimum Gasteiger partial charge on any atom is -0.305 e. The number of pyridine rings is 1. The number of hydrogen-bond donors (Lipinski definition) is 0. The predicted molar refractivity (Wildman–Crippen MR) is 88.7 cm³/mol. The number of likely N-dealkylation sites (N-methyl/N-ethyl adjacent to an activating group) is 1. The lowest BCUT2D eigenvalue weighted by atomic mass is 10.0. The Balaban J connectivity index is 1.84. The van der Waals surface area contributed by atoms with Crippen LogP contribution in [0.5, 0.6) is 0 Å². The minimum absolute atomic E-state index is 0.650. The van der Waals surface area contributed by atoms with Crippen LogP contribution in [0.15, 0.2) is 30.5 Å². The van der Waals surface area contributed by atoms with E-state index in [4.69, 9.17) is 11.6 Å². The average Bonchev–Trinajstić information content (AvgIpc) is 2.47. The lowest BCUT2D eigenvalue weighted by Crippen LogP contribution is -2.44. The Morgan fingerprint density at radius 1 is 1.38 bits per heavy atom. The molecule has 21 heavy (non-hydrogen) atoms. The number of piperidine rings is 1. The summed E-state index contributed by atoms with van der Waals surface area (Å²) in [4.78, 5) is 9.40. The molecule has 1 saturated heterocycles. The number of rotatable bonds is 3. The van der Waals surface area contributed by atoms with Gasteiger partial charge in [-0.05, 0) is 57.2 Å². The van der Waals surface area contributed by atoms with Crippen molar-refractivity contribution >= 4 is 22.5 Å². The van der Waals surface area contributed by atoms with Crippen LogP contribution in [0.1, 0.15) is 18.4 Å². The molecule has 0 bridgehead atoms. The van der Waals surface area contributed by atoms with Crippen molar-refractivity contribution in [2.75, 3.05) is 27.2 Å². The normalized spacial score (nSPS) is 20.3. The Morgan fingerprint density at radius 3 is 3.05 bits per heavy atom. The molecule has 4 heteroatoms. The van der Waals surface area contributed by atoms with Crippen LogP contribution < -0.4 is 0 Å². The molecule has 1 aliphatic rings. The molecule has 1 atom stereocenters. The van der Waals surface area contributed by atoms with Crippen LogP contribution in [0.4, 0.5) is 0 Å². The number of fused-ring (bicyclic) bond motifs is 1. The van der Waals surface area contributed by atoms with E-state index in [9.17, 15) is 0 Å². The highest BCUT2D eigenvalue weighted by Crippen LogP contribution is 2.25. The summed E-state index contributed by atoms with van der Waals surface area (Å²) in [5.41, 5.74) is 2.31. The van der Waals surface area contributed by atoms with Gasteiger partial charge in [-0.3, -0.25) is 9.88 Å². The maximum atomic E-state index is 6.27. The molecule has 1 aromatic heterocycles. The topological polar surface area (TPSA) is 19.4 Å². The van der Waals surface area contributed by atoms with E-state index in [2.05, 4.69) is 41.0 Å². The van der Waals surface area contributed by atoms with Crippen molar-refractivity contribution in [3.8, 4) is 0 Å². The quantitative estimate of drug-likeness (QED) is 0.866. The second-order valence-corrected chi connectivity index (χ2v) is 6.57. The number of nitrogens with zero attached hydrogens (tertiary/aromatic N) is 3. The minimum atomic E-state index is 0.650. The fraction of sp³-hybridized carbons (Fsp3) is 0.471. The molecule has 3 nitrogen and oxygen atoms in total. The van der Waals surface area contributed by atoms with Crippen LogP contribution >= 0.6 is 11.6 Å². The SMILES string of the molecule is CN(C)C1CCCN(Cc2cc(Cl)cc3cccnc23)C1. The van der Waals surface area contributed by atoms with Crippen molar-refractivity contribution in [1.29, 1.82) is 0 Å². The highest BCUT2D eigenvalue weighted by molar-refractivity contribution is 6.31. The van der Waals surface area contributed by atoms with Gasteiger partial charge in [-0.1, -0.05) is 17.7 Å². The Bertz CT molecular complexity index is 626. The van der Waals surface area contributed by atoms with Gasteiger partial charge < -0.3 is 4.90 Å². The molecule has 0 radical (unpaired) electrons. The lowest BCUT2D eigenvalue weighted by Gasteiger charge is -2.36. The van der Waals surface area contributed by atoms with Gasteiger partial charge in [0, 0.05) is 35.7 Å². The van der Waals surface area contributed by atoms with E-state index in [1.54, 1.807) is 0 Å². The van der Waals surface area contributed by atoms with Crippen molar-refractivity contribution in [3.63, 3.8) is 0 Å². The molecule has 0 aliphatic carbocycles. The van der Waals surface area contributed by atoms with Crippen molar-refractivity contribution in [3.05, 3.63) is 41.0 Å². The summed E-state index contributed by atoms with van der Waals surface area (Å²) in [6.07, 6.45) is 4.41. The van der Waals surface area contributed by atoms with E-state index in [1.165, 1.54) is 18.4 Å². The van der Waals surface area contributed by atoms with Crippen LogP contribution in [-0.2, 0) is 6.54 Å². The molecule has 112 valence electrons. The van der Waals surface area contributed by atoms with Crippen LogP contribution in [0.3, 0.4) is 0 Å². The van der Waals surface area contributed by atoms with Gasteiger partial charge >= 0.3 is 0 Å². The van der Waals surface area contributed by atoms with Gasteiger partial charge in [-0.15, -0.1) is 0 Å². The molecule has 0 spiro atoms. The number of benzene rings is 1. The summed E-state index contributed by atoms with van der Waals surface area (Å²) < 4.78 is 0. The summed E-state index contributed by atoms with van der Waals surface area (Å²) >= 11 is 6.27. The largest absolute Gasteiger partial charge is 0.305 e. The summed E-state index contributed by atoms with van der Waals surface area (Å²) in [6.45, 7) is 3.21. The fourth-order valence-corrected chi connectivity index (χ4v) is 3.43. The molecular weight excluding hydrogens is 282 g/mol. The van der Waals surface area contributed by atoms with Gasteiger partial charge in [0.05, 0.1) is 5.52 Å². The fourth-order valence-electron chi connectivity index (χ4n) is 3.19. The van der Waals surface area contributed by atoms with Gasteiger partial charge in [0.2, 0.25) is 0 Å². The average molecular weight is 304 g/mol. The van der Waals surface area contributed by atoms with Gasteiger partial charge in [0.15, 0.2) is 0 Å². The van der Waals surface area contributed by atoms with Crippen LogP contribution in [0.25, 0.3) is 10.9 Å². The van der Waals surface area contributed by atoms with Crippen molar-refractivity contribution in [2.24, 2.45) is 0 Å². The Hall–Kier alpha value is -1.16. The molecule has 2 heterocycles. The standard InChI is InChI=1S/C17H22ClN3/c1-20(2)16-6-4-8-21(12-16)11-14-10-15(18)9-13-5-3-7-19-17(13)14/h3,5,7,9-10,16H,4,6,8,11-12H2,1-2H3. The van der Waals surface area contributed by atoms with Gasteiger partial charge in [0.1, 0.15) is 0 Å². The molecular formula is C17H22ClN3. The third kappa shape index (κ3) is 3.37. The molecule has 3 rings (SSSR count). The van der Waals surface area contributed by atoms with Crippen LogP contribution in [0.2, 0.25) is 5.02 Å². The number of hydrogen-bond acceptors (Lipinski definition) is 3. The molecule has 1 aromatic carbocycles. The Kier molecular flexibility index (Phi) is 4.43. The Labute approximate surface area is 131 Å². The zero-order valence-electron chi connectivity index (χ0n) is 12.7. The summed E-state index contributed by atoms with van der Waals surface area (Å²) in [5, 5.41) is 1.92. The first-order chi connectivity index (χ1) is 10.1. The summed E-state index contributed by atoms with van der Waals surface area (Å²) in [7, 11) is 4.34.